The number of hydrogen-bond acceptors (Lipinski definition) is 3. The molecule has 0 aliphatic carbocycles. The van der Waals surface area contributed by atoms with E-state index in [1.807, 2.05) is 0 Å². The van der Waals surface area contributed by atoms with Gasteiger partial charge in [0.25, 0.3) is 5.56 Å². The predicted molar refractivity (Wildman–Crippen MR) is 63.3 cm³/mol. The summed E-state index contributed by atoms with van der Waals surface area (Å²) in [5.74, 6) is -0.122. The lowest BCUT2D eigenvalue weighted by Gasteiger charge is -2.14. The standard InChI is InChI=1S/C12H12FN3O/c1-8(9-4-2-3-5-10(9)13)16-11-12(17)15-7-6-14-11/h2-8H,1H3,(H,14,16)(H,15,17). The van der Waals surface area contributed by atoms with Crippen LogP contribution < -0.4 is 10.9 Å². The lowest BCUT2D eigenvalue weighted by atomic mass is 10.1. The van der Waals surface area contributed by atoms with E-state index in [0.717, 1.165) is 0 Å². The number of rotatable bonds is 3. The van der Waals surface area contributed by atoms with Gasteiger partial charge in [-0.2, -0.15) is 0 Å². The van der Waals surface area contributed by atoms with Gasteiger partial charge in [-0.05, 0) is 13.0 Å². The Balaban J connectivity index is 2.23. The van der Waals surface area contributed by atoms with Gasteiger partial charge in [-0.25, -0.2) is 9.37 Å². The Morgan fingerprint density at radius 2 is 2.18 bits per heavy atom. The van der Waals surface area contributed by atoms with E-state index in [4.69, 9.17) is 0 Å². The van der Waals surface area contributed by atoms with Crippen LogP contribution in [0.4, 0.5) is 10.2 Å². The zero-order valence-corrected chi connectivity index (χ0v) is 9.27. The van der Waals surface area contributed by atoms with E-state index >= 15 is 0 Å². The summed E-state index contributed by atoms with van der Waals surface area (Å²) in [4.78, 5) is 17.8. The summed E-state index contributed by atoms with van der Waals surface area (Å²) in [6.07, 6.45) is 2.92. The van der Waals surface area contributed by atoms with E-state index in [-0.39, 0.29) is 23.2 Å². The SMILES string of the molecule is CC(Nc1ncc[nH]c1=O)c1ccccc1F. The summed E-state index contributed by atoms with van der Waals surface area (Å²) < 4.78 is 13.5. The van der Waals surface area contributed by atoms with Crippen LogP contribution in [-0.2, 0) is 0 Å². The van der Waals surface area contributed by atoms with E-state index < -0.39 is 0 Å². The molecule has 0 spiro atoms. The summed E-state index contributed by atoms with van der Waals surface area (Å²) in [6.45, 7) is 1.77. The average Bonchev–Trinajstić information content (AvgIpc) is 2.32. The fourth-order valence-electron chi connectivity index (χ4n) is 1.56. The van der Waals surface area contributed by atoms with Crippen LogP contribution in [0.2, 0.25) is 0 Å². The van der Waals surface area contributed by atoms with Gasteiger partial charge in [-0.15, -0.1) is 0 Å². The molecule has 0 fully saturated rings. The van der Waals surface area contributed by atoms with Crippen LogP contribution in [0.25, 0.3) is 0 Å². The lowest BCUT2D eigenvalue weighted by Crippen LogP contribution is -2.18. The Kier molecular flexibility index (Phi) is 3.18. The van der Waals surface area contributed by atoms with E-state index in [0.29, 0.717) is 5.56 Å². The molecule has 4 nitrogen and oxygen atoms in total. The monoisotopic (exact) mass is 233 g/mol. The highest BCUT2D eigenvalue weighted by Gasteiger charge is 2.11. The van der Waals surface area contributed by atoms with Crippen molar-refractivity contribution in [2.24, 2.45) is 0 Å². The van der Waals surface area contributed by atoms with Crippen molar-refractivity contribution in [1.82, 2.24) is 9.97 Å². The molecule has 0 radical (unpaired) electrons. The summed E-state index contributed by atoms with van der Waals surface area (Å²) in [5, 5.41) is 2.87. The molecule has 0 saturated carbocycles. The number of nitrogens with zero attached hydrogens (tertiary/aromatic N) is 1. The zero-order valence-electron chi connectivity index (χ0n) is 9.27. The molecule has 17 heavy (non-hydrogen) atoms. The molecule has 1 aromatic carbocycles. The molecular formula is C12H12FN3O. The topological polar surface area (TPSA) is 57.8 Å². The normalized spacial score (nSPS) is 12.1. The summed E-state index contributed by atoms with van der Waals surface area (Å²) in [5.41, 5.74) is 0.174. The third-order valence-corrected chi connectivity index (χ3v) is 2.43. The first-order chi connectivity index (χ1) is 8.18. The number of benzene rings is 1. The molecule has 1 heterocycles. The Morgan fingerprint density at radius 1 is 1.41 bits per heavy atom. The van der Waals surface area contributed by atoms with Crippen LogP contribution in [-0.4, -0.2) is 9.97 Å². The second-order valence-corrected chi connectivity index (χ2v) is 3.65. The van der Waals surface area contributed by atoms with Gasteiger partial charge in [0, 0.05) is 18.0 Å². The minimum absolute atomic E-state index is 0.184. The minimum Gasteiger partial charge on any atom is -0.359 e. The predicted octanol–water partition coefficient (Wildman–Crippen LogP) is 2.08. The average molecular weight is 233 g/mol. The third-order valence-electron chi connectivity index (χ3n) is 2.43. The van der Waals surface area contributed by atoms with Gasteiger partial charge in [0.05, 0.1) is 6.04 Å². The first kappa shape index (κ1) is 11.3. The summed E-state index contributed by atoms with van der Waals surface area (Å²) >= 11 is 0. The molecule has 2 N–H and O–H groups in total. The number of H-pyrrole nitrogens is 1. The molecule has 0 amide bonds. The van der Waals surface area contributed by atoms with Crippen LogP contribution in [0.15, 0.2) is 41.5 Å². The van der Waals surface area contributed by atoms with Crippen molar-refractivity contribution in [2.75, 3.05) is 5.32 Å². The molecule has 2 aromatic rings. The molecular weight excluding hydrogens is 221 g/mol. The number of aromatic amines is 1. The summed E-state index contributed by atoms with van der Waals surface area (Å²) in [7, 11) is 0. The second-order valence-electron chi connectivity index (χ2n) is 3.65. The zero-order chi connectivity index (χ0) is 12.3. The van der Waals surface area contributed by atoms with Crippen LogP contribution >= 0.6 is 0 Å². The van der Waals surface area contributed by atoms with E-state index in [9.17, 15) is 9.18 Å². The molecule has 2 rings (SSSR count). The van der Waals surface area contributed by atoms with Gasteiger partial charge < -0.3 is 10.3 Å². The number of aromatic nitrogens is 2. The quantitative estimate of drug-likeness (QED) is 0.853. The molecule has 0 aliphatic rings. The van der Waals surface area contributed by atoms with Crippen LogP contribution in [0.5, 0.6) is 0 Å². The number of nitrogens with one attached hydrogen (secondary N) is 2. The van der Waals surface area contributed by atoms with Crippen molar-refractivity contribution in [3.8, 4) is 0 Å². The highest BCUT2D eigenvalue weighted by atomic mass is 19.1. The van der Waals surface area contributed by atoms with Gasteiger partial charge in [0.1, 0.15) is 5.82 Å². The molecule has 0 bridgehead atoms. The van der Waals surface area contributed by atoms with Crippen LogP contribution in [0.3, 0.4) is 0 Å². The van der Waals surface area contributed by atoms with E-state index in [1.54, 1.807) is 25.1 Å². The first-order valence-corrected chi connectivity index (χ1v) is 5.23. The Labute approximate surface area is 97.5 Å². The molecule has 0 aliphatic heterocycles. The largest absolute Gasteiger partial charge is 0.359 e. The highest BCUT2D eigenvalue weighted by Crippen LogP contribution is 2.18. The molecule has 1 atom stereocenters. The molecule has 88 valence electrons. The van der Waals surface area contributed by atoms with Gasteiger partial charge >= 0.3 is 0 Å². The smallest absolute Gasteiger partial charge is 0.290 e. The minimum atomic E-state index is -0.327. The third kappa shape index (κ3) is 2.50. The van der Waals surface area contributed by atoms with Gasteiger partial charge in [-0.1, -0.05) is 18.2 Å². The van der Waals surface area contributed by atoms with E-state index in [2.05, 4.69) is 15.3 Å². The Hall–Kier alpha value is -2.17. The van der Waals surface area contributed by atoms with Gasteiger partial charge in [-0.3, -0.25) is 4.79 Å². The van der Waals surface area contributed by atoms with Crippen molar-refractivity contribution in [2.45, 2.75) is 13.0 Å². The first-order valence-electron chi connectivity index (χ1n) is 5.23. The highest BCUT2D eigenvalue weighted by molar-refractivity contribution is 5.35. The molecule has 5 heteroatoms. The molecule has 1 aromatic heterocycles. The number of anilines is 1. The van der Waals surface area contributed by atoms with Gasteiger partial charge in [0.15, 0.2) is 5.82 Å². The van der Waals surface area contributed by atoms with E-state index in [1.165, 1.54) is 18.5 Å². The van der Waals surface area contributed by atoms with Crippen molar-refractivity contribution in [3.63, 3.8) is 0 Å². The molecule has 0 saturated heterocycles. The van der Waals surface area contributed by atoms with Crippen molar-refractivity contribution in [3.05, 3.63) is 58.4 Å². The van der Waals surface area contributed by atoms with Crippen molar-refractivity contribution < 1.29 is 4.39 Å². The maximum Gasteiger partial charge on any atom is 0.290 e. The molecule has 1 unspecified atom stereocenters. The fourth-order valence-corrected chi connectivity index (χ4v) is 1.56. The lowest BCUT2D eigenvalue weighted by molar-refractivity contribution is 0.600. The maximum atomic E-state index is 13.5. The summed E-state index contributed by atoms with van der Waals surface area (Å²) in [6, 6.07) is 6.10. The Bertz CT molecular complexity index is 567. The van der Waals surface area contributed by atoms with Crippen LogP contribution in [0.1, 0.15) is 18.5 Å². The van der Waals surface area contributed by atoms with Crippen molar-refractivity contribution in [1.29, 1.82) is 0 Å². The van der Waals surface area contributed by atoms with Gasteiger partial charge in [0.2, 0.25) is 0 Å². The Morgan fingerprint density at radius 3 is 2.88 bits per heavy atom. The van der Waals surface area contributed by atoms with Crippen molar-refractivity contribution >= 4 is 5.82 Å². The van der Waals surface area contributed by atoms with Crippen LogP contribution in [0, 0.1) is 5.82 Å². The number of halogens is 1. The maximum absolute atomic E-state index is 13.5. The number of hydrogen-bond donors (Lipinski definition) is 2. The fraction of sp³-hybridized carbons (Fsp3) is 0.167. The second kappa shape index (κ2) is 4.78.